The van der Waals surface area contributed by atoms with E-state index in [1.54, 1.807) is 0 Å². The van der Waals surface area contributed by atoms with Crippen LogP contribution in [0.2, 0.25) is 0 Å². The molecule has 0 atom stereocenters. The summed E-state index contributed by atoms with van der Waals surface area (Å²) in [5, 5.41) is 6.70. The van der Waals surface area contributed by atoms with Crippen LogP contribution in [0.4, 0.5) is 0 Å². The summed E-state index contributed by atoms with van der Waals surface area (Å²) in [5.41, 5.74) is 1.13. The van der Waals surface area contributed by atoms with Gasteiger partial charge in [-0.1, -0.05) is 12.1 Å². The Kier molecular flexibility index (Phi) is 15.7. The lowest BCUT2D eigenvalue weighted by atomic mass is 10.0. The normalized spacial score (nSPS) is 14.9. The van der Waals surface area contributed by atoms with E-state index < -0.39 is 0 Å². The minimum Gasteiger partial charge on any atom is -0.492 e. The molecule has 0 unspecified atom stereocenters. The van der Waals surface area contributed by atoms with Crippen LogP contribution in [-0.2, 0) is 16.0 Å². The third-order valence-electron chi connectivity index (χ3n) is 4.92. The Morgan fingerprint density at radius 2 is 2.00 bits per heavy atom. The topological polar surface area (TPSA) is 67.4 Å². The lowest BCUT2D eigenvalue weighted by Gasteiger charge is -2.21. The van der Waals surface area contributed by atoms with Crippen molar-refractivity contribution < 1.29 is 14.2 Å². The summed E-state index contributed by atoms with van der Waals surface area (Å²) >= 11 is 0. The van der Waals surface area contributed by atoms with Gasteiger partial charge in [-0.25, -0.2) is 4.99 Å². The average molecular weight is 549 g/mol. The molecular formula is C23H41IN4O3. The molecule has 1 saturated heterocycles. The van der Waals surface area contributed by atoms with E-state index in [9.17, 15) is 0 Å². The summed E-state index contributed by atoms with van der Waals surface area (Å²) in [7, 11) is 4.09. The van der Waals surface area contributed by atoms with E-state index in [0.717, 1.165) is 82.6 Å². The minimum absolute atomic E-state index is 0. The van der Waals surface area contributed by atoms with Crippen molar-refractivity contribution in [3.05, 3.63) is 29.8 Å². The number of nitrogens with zero attached hydrogens (tertiary/aromatic N) is 2. The van der Waals surface area contributed by atoms with Gasteiger partial charge < -0.3 is 29.7 Å². The van der Waals surface area contributed by atoms with Crippen LogP contribution in [0.1, 0.15) is 31.7 Å². The molecule has 0 aliphatic carbocycles. The Labute approximate surface area is 205 Å². The summed E-state index contributed by atoms with van der Waals surface area (Å²) in [6.07, 6.45) is 3.21. The van der Waals surface area contributed by atoms with Crippen LogP contribution < -0.4 is 15.4 Å². The van der Waals surface area contributed by atoms with Gasteiger partial charge in [-0.2, -0.15) is 0 Å². The van der Waals surface area contributed by atoms with Gasteiger partial charge in [-0.3, -0.25) is 0 Å². The predicted octanol–water partition coefficient (Wildman–Crippen LogP) is 3.13. The molecule has 0 amide bonds. The minimum atomic E-state index is 0. The first-order valence-corrected chi connectivity index (χ1v) is 11.2. The SMILES string of the molecule is CCNC(=NCc1cccc(OCCN(C)C)c1)NCCCOCC1CCOCC1.I. The summed E-state index contributed by atoms with van der Waals surface area (Å²) < 4.78 is 17.0. The number of hydrogen-bond acceptors (Lipinski definition) is 5. The maximum absolute atomic E-state index is 5.83. The maximum atomic E-state index is 5.83. The van der Waals surface area contributed by atoms with Crippen LogP contribution in [0.3, 0.4) is 0 Å². The van der Waals surface area contributed by atoms with E-state index >= 15 is 0 Å². The molecule has 2 N–H and O–H groups in total. The van der Waals surface area contributed by atoms with Gasteiger partial charge in [0.2, 0.25) is 0 Å². The number of aliphatic imine (C=N–C) groups is 1. The number of halogens is 1. The van der Waals surface area contributed by atoms with Gasteiger partial charge in [0, 0.05) is 46.1 Å². The van der Waals surface area contributed by atoms with Crippen LogP contribution >= 0.6 is 24.0 Å². The maximum Gasteiger partial charge on any atom is 0.191 e. The van der Waals surface area contributed by atoms with Crippen LogP contribution in [0, 0.1) is 5.92 Å². The molecule has 1 aromatic carbocycles. The van der Waals surface area contributed by atoms with E-state index in [4.69, 9.17) is 19.2 Å². The predicted molar refractivity (Wildman–Crippen MR) is 138 cm³/mol. The van der Waals surface area contributed by atoms with Gasteiger partial charge in [-0.15, -0.1) is 24.0 Å². The van der Waals surface area contributed by atoms with Gasteiger partial charge in [-0.05, 0) is 63.9 Å². The van der Waals surface area contributed by atoms with Crippen molar-refractivity contribution in [2.75, 3.05) is 66.8 Å². The fourth-order valence-electron chi connectivity index (χ4n) is 3.14. The molecule has 0 spiro atoms. The molecular weight excluding hydrogens is 507 g/mol. The first-order chi connectivity index (χ1) is 14.7. The lowest BCUT2D eigenvalue weighted by molar-refractivity contribution is 0.0203. The number of guanidine groups is 1. The molecule has 0 radical (unpaired) electrons. The van der Waals surface area contributed by atoms with Crippen molar-refractivity contribution >= 4 is 29.9 Å². The molecule has 1 aromatic rings. The van der Waals surface area contributed by atoms with Crippen molar-refractivity contribution in [2.45, 2.75) is 32.7 Å². The average Bonchev–Trinajstić information content (AvgIpc) is 2.75. The Bertz CT molecular complexity index is 610. The number of ether oxygens (including phenoxy) is 3. The van der Waals surface area contributed by atoms with Gasteiger partial charge in [0.05, 0.1) is 6.54 Å². The number of benzene rings is 1. The largest absolute Gasteiger partial charge is 0.492 e. The highest BCUT2D eigenvalue weighted by Gasteiger charge is 2.13. The van der Waals surface area contributed by atoms with E-state index in [1.165, 1.54) is 0 Å². The first kappa shape index (κ1) is 27.9. The molecule has 1 aliphatic heterocycles. The van der Waals surface area contributed by atoms with Gasteiger partial charge in [0.25, 0.3) is 0 Å². The van der Waals surface area contributed by atoms with Crippen LogP contribution in [0.15, 0.2) is 29.3 Å². The van der Waals surface area contributed by atoms with E-state index in [-0.39, 0.29) is 24.0 Å². The zero-order chi connectivity index (χ0) is 21.4. The Hall–Kier alpha value is -1.10. The molecule has 0 aromatic heterocycles. The van der Waals surface area contributed by atoms with Crippen LogP contribution in [0.5, 0.6) is 5.75 Å². The van der Waals surface area contributed by atoms with Gasteiger partial charge >= 0.3 is 0 Å². The number of nitrogens with one attached hydrogen (secondary N) is 2. The molecule has 0 saturated carbocycles. The highest BCUT2D eigenvalue weighted by atomic mass is 127. The standard InChI is InChI=1S/C23H40N4O3.HI/c1-4-24-23(25-11-6-13-29-19-20-9-14-28-15-10-20)26-18-21-7-5-8-22(17-21)30-16-12-27(2)3;/h5,7-8,17,20H,4,6,9-16,18-19H2,1-3H3,(H2,24,25,26);1H. The number of hydrogen-bond donors (Lipinski definition) is 2. The summed E-state index contributed by atoms with van der Waals surface area (Å²) in [5.74, 6) is 2.39. The third-order valence-corrected chi connectivity index (χ3v) is 4.92. The van der Waals surface area contributed by atoms with Crippen molar-refractivity contribution in [3.63, 3.8) is 0 Å². The summed E-state index contributed by atoms with van der Waals surface area (Å²) in [4.78, 5) is 6.81. The van der Waals surface area contributed by atoms with Crippen molar-refractivity contribution in [1.29, 1.82) is 0 Å². The monoisotopic (exact) mass is 548 g/mol. The van der Waals surface area contributed by atoms with Gasteiger partial charge in [0.15, 0.2) is 5.96 Å². The highest BCUT2D eigenvalue weighted by Crippen LogP contribution is 2.15. The van der Waals surface area contributed by atoms with E-state index in [2.05, 4.69) is 34.6 Å². The molecule has 31 heavy (non-hydrogen) atoms. The Morgan fingerprint density at radius 1 is 1.19 bits per heavy atom. The molecule has 0 bridgehead atoms. The molecule has 7 nitrogen and oxygen atoms in total. The van der Waals surface area contributed by atoms with Crippen molar-refractivity contribution in [1.82, 2.24) is 15.5 Å². The zero-order valence-corrected chi connectivity index (χ0v) is 21.7. The number of rotatable bonds is 13. The number of likely N-dealkylation sites (N-methyl/N-ethyl adjacent to an activating group) is 1. The van der Waals surface area contributed by atoms with Crippen LogP contribution in [0.25, 0.3) is 0 Å². The fraction of sp³-hybridized carbons (Fsp3) is 0.696. The van der Waals surface area contributed by atoms with Gasteiger partial charge in [0.1, 0.15) is 12.4 Å². The van der Waals surface area contributed by atoms with Crippen LogP contribution in [-0.4, -0.2) is 77.6 Å². The fourth-order valence-corrected chi connectivity index (χ4v) is 3.14. The molecule has 178 valence electrons. The highest BCUT2D eigenvalue weighted by molar-refractivity contribution is 14.0. The Morgan fingerprint density at radius 3 is 2.74 bits per heavy atom. The molecule has 1 fully saturated rings. The van der Waals surface area contributed by atoms with Crippen molar-refractivity contribution in [2.24, 2.45) is 10.9 Å². The second kappa shape index (κ2) is 17.5. The first-order valence-electron chi connectivity index (χ1n) is 11.2. The summed E-state index contributed by atoms with van der Waals surface area (Å²) in [6, 6.07) is 8.15. The second-order valence-electron chi connectivity index (χ2n) is 7.91. The van der Waals surface area contributed by atoms with E-state index in [0.29, 0.717) is 19.1 Å². The quantitative estimate of drug-likeness (QED) is 0.171. The lowest BCUT2D eigenvalue weighted by Crippen LogP contribution is -2.38. The molecule has 2 rings (SSSR count). The third kappa shape index (κ3) is 13.1. The molecule has 8 heteroatoms. The second-order valence-corrected chi connectivity index (χ2v) is 7.91. The van der Waals surface area contributed by atoms with Crippen molar-refractivity contribution in [3.8, 4) is 5.75 Å². The molecule has 1 heterocycles. The zero-order valence-electron chi connectivity index (χ0n) is 19.4. The van der Waals surface area contributed by atoms with E-state index in [1.807, 2.05) is 26.2 Å². The molecule has 1 aliphatic rings. The Balaban J connectivity index is 0.00000480. The smallest absolute Gasteiger partial charge is 0.191 e. The summed E-state index contributed by atoms with van der Waals surface area (Å²) in [6.45, 7) is 9.32.